The highest BCUT2D eigenvalue weighted by atomic mass is 16.7. The first-order chi connectivity index (χ1) is 19.5. The van der Waals surface area contributed by atoms with Crippen molar-refractivity contribution in [3.8, 4) is 11.5 Å². The lowest BCUT2D eigenvalue weighted by Gasteiger charge is -2.40. The van der Waals surface area contributed by atoms with Crippen LogP contribution < -0.4 is 14.4 Å². The molecule has 1 aromatic carbocycles. The molecule has 9 nitrogen and oxygen atoms in total. The van der Waals surface area contributed by atoms with Crippen LogP contribution in [0.3, 0.4) is 0 Å². The first-order valence-electron chi connectivity index (χ1n) is 14.5. The highest BCUT2D eigenvalue weighted by Crippen LogP contribution is 2.35. The predicted molar refractivity (Wildman–Crippen MR) is 159 cm³/mol. The number of amides is 1. The number of aryl methyl sites for hydroxylation is 2. The first kappa shape index (κ1) is 30.8. The van der Waals surface area contributed by atoms with Gasteiger partial charge in [-0.3, -0.25) is 4.79 Å². The van der Waals surface area contributed by atoms with Crippen molar-refractivity contribution in [2.45, 2.75) is 77.5 Å². The highest BCUT2D eigenvalue weighted by Gasteiger charge is 2.39. The smallest absolute Gasteiger partial charge is 0.254 e. The molecule has 0 spiro atoms. The Morgan fingerprint density at radius 1 is 1.29 bits per heavy atom. The minimum atomic E-state index is -0.804. The Morgan fingerprint density at radius 2 is 2.05 bits per heavy atom. The molecule has 1 N–H and O–H groups in total. The fraction of sp³-hybridized carbons (Fsp3) is 0.562. The number of aliphatic hydroxyl groups excluding tert-OH is 1. The summed E-state index contributed by atoms with van der Waals surface area (Å²) in [5.74, 6) is 1.15. The summed E-state index contributed by atoms with van der Waals surface area (Å²) in [5, 5.41) is 9.92. The third kappa shape index (κ3) is 7.58. The molecule has 4 rings (SSSR count). The quantitative estimate of drug-likeness (QED) is 0.359. The molecular formula is C32H45N3O6. The van der Waals surface area contributed by atoms with Gasteiger partial charge in [-0.05, 0) is 69.9 Å². The Labute approximate surface area is 244 Å². The van der Waals surface area contributed by atoms with E-state index in [-0.39, 0.29) is 24.5 Å². The first-order valence-corrected chi connectivity index (χ1v) is 14.5. The molecule has 0 bridgehead atoms. The number of aliphatic hydroxyl groups is 1. The third-order valence-corrected chi connectivity index (χ3v) is 7.76. The van der Waals surface area contributed by atoms with Gasteiger partial charge in [-0.25, -0.2) is 4.98 Å². The molecule has 41 heavy (non-hydrogen) atoms. The van der Waals surface area contributed by atoms with Crippen LogP contribution in [0.2, 0.25) is 0 Å². The largest absolute Gasteiger partial charge is 0.493 e. The number of nitrogens with zero attached hydrogens (tertiary/aromatic N) is 3. The molecule has 3 atom stereocenters. The van der Waals surface area contributed by atoms with Gasteiger partial charge in [0.25, 0.3) is 5.91 Å². The Bertz CT molecular complexity index is 1210. The van der Waals surface area contributed by atoms with Crippen molar-refractivity contribution in [1.82, 2.24) is 9.88 Å². The molecule has 1 amide bonds. The SMILES string of the molecule is C=C[C@@H](CN(CC[C@@H](C)O)C(=O)[C@@H]1COC(C)(C)O1)c1ccc(OC)c(OC2CN(c3ccc(CC)c(C)n3)C2)c1. The number of pyridine rings is 1. The molecule has 9 heteroatoms. The normalized spacial score (nSPS) is 19.8. The van der Waals surface area contributed by atoms with Gasteiger partial charge in [-0.15, -0.1) is 6.58 Å². The van der Waals surface area contributed by atoms with Gasteiger partial charge in [0.1, 0.15) is 11.9 Å². The van der Waals surface area contributed by atoms with Gasteiger partial charge in [0, 0.05) is 24.7 Å². The van der Waals surface area contributed by atoms with E-state index in [9.17, 15) is 9.90 Å². The second-order valence-corrected chi connectivity index (χ2v) is 11.4. The van der Waals surface area contributed by atoms with E-state index >= 15 is 0 Å². The summed E-state index contributed by atoms with van der Waals surface area (Å²) in [4.78, 5) is 22.2. The maximum atomic E-state index is 13.4. The van der Waals surface area contributed by atoms with E-state index in [1.54, 1.807) is 32.8 Å². The lowest BCUT2D eigenvalue weighted by molar-refractivity contribution is -0.160. The lowest BCUT2D eigenvalue weighted by atomic mass is 9.97. The van der Waals surface area contributed by atoms with Crippen molar-refractivity contribution in [2.24, 2.45) is 0 Å². The number of aromatic nitrogens is 1. The fourth-order valence-electron chi connectivity index (χ4n) is 5.22. The van der Waals surface area contributed by atoms with Crippen LogP contribution in [-0.2, 0) is 20.7 Å². The summed E-state index contributed by atoms with van der Waals surface area (Å²) in [5.41, 5.74) is 3.29. The van der Waals surface area contributed by atoms with Crippen molar-refractivity contribution in [1.29, 1.82) is 0 Å². The summed E-state index contributed by atoms with van der Waals surface area (Å²) < 4.78 is 23.5. The van der Waals surface area contributed by atoms with Gasteiger partial charge in [0.15, 0.2) is 23.4 Å². The minimum Gasteiger partial charge on any atom is -0.493 e. The van der Waals surface area contributed by atoms with E-state index in [1.807, 2.05) is 24.3 Å². The zero-order valence-electron chi connectivity index (χ0n) is 25.3. The Morgan fingerprint density at radius 3 is 2.63 bits per heavy atom. The number of rotatable bonds is 13. The van der Waals surface area contributed by atoms with Gasteiger partial charge in [0.05, 0.1) is 32.9 Å². The molecule has 224 valence electrons. The van der Waals surface area contributed by atoms with Gasteiger partial charge < -0.3 is 33.9 Å². The third-order valence-electron chi connectivity index (χ3n) is 7.76. The lowest BCUT2D eigenvalue weighted by Crippen LogP contribution is -2.54. The standard InChI is InChI=1S/C32H45N3O6/c1-8-23-11-13-30(33-22(23)4)35-18-26(19-35)40-28-16-25(10-12-27(28)38-7)24(9-2)17-34(15-14-21(3)36)31(37)29-20-39-32(5,6)41-29/h9-13,16,21,24,26,29,36H,2,8,14-15,17-20H2,1,3-7H3/t21-,24+,29+/m1/s1. The van der Waals surface area contributed by atoms with Crippen molar-refractivity contribution in [2.75, 3.05) is 44.8 Å². The van der Waals surface area contributed by atoms with E-state index in [0.29, 0.717) is 31.0 Å². The Hall–Kier alpha value is -3.14. The second kappa shape index (κ2) is 13.2. The number of carbonyl (C=O) groups is 1. The Kier molecular flexibility index (Phi) is 9.94. The number of hydrogen-bond donors (Lipinski definition) is 1. The van der Waals surface area contributed by atoms with Gasteiger partial charge in [-0.2, -0.15) is 0 Å². The topological polar surface area (TPSA) is 93.6 Å². The van der Waals surface area contributed by atoms with Gasteiger partial charge in [0.2, 0.25) is 0 Å². The molecule has 2 aromatic rings. The van der Waals surface area contributed by atoms with Crippen LogP contribution in [-0.4, -0.2) is 84.9 Å². The van der Waals surface area contributed by atoms with Crippen molar-refractivity contribution < 1.29 is 28.8 Å². The number of hydrogen-bond acceptors (Lipinski definition) is 8. The number of carbonyl (C=O) groups excluding carboxylic acids is 1. The summed E-state index contributed by atoms with van der Waals surface area (Å²) in [6.07, 6.45) is 2.05. The average molecular weight is 568 g/mol. The van der Waals surface area contributed by atoms with Crippen LogP contribution in [0.1, 0.15) is 56.9 Å². The summed E-state index contributed by atoms with van der Waals surface area (Å²) in [6, 6.07) is 10.1. The monoisotopic (exact) mass is 567 g/mol. The summed E-state index contributed by atoms with van der Waals surface area (Å²) >= 11 is 0. The van der Waals surface area contributed by atoms with Crippen LogP contribution >= 0.6 is 0 Å². The zero-order valence-corrected chi connectivity index (χ0v) is 25.3. The minimum absolute atomic E-state index is 0.00118. The molecule has 0 saturated carbocycles. The molecule has 0 unspecified atom stereocenters. The molecule has 1 aromatic heterocycles. The zero-order chi connectivity index (χ0) is 29.7. The van der Waals surface area contributed by atoms with E-state index in [2.05, 4.69) is 37.5 Å². The van der Waals surface area contributed by atoms with Crippen LogP contribution in [0.25, 0.3) is 0 Å². The van der Waals surface area contributed by atoms with Crippen molar-refractivity contribution in [3.05, 3.63) is 59.8 Å². The Balaban J connectivity index is 1.45. The van der Waals surface area contributed by atoms with Gasteiger partial charge in [-0.1, -0.05) is 25.1 Å². The van der Waals surface area contributed by atoms with E-state index < -0.39 is 18.0 Å². The maximum Gasteiger partial charge on any atom is 0.254 e. The highest BCUT2D eigenvalue weighted by molar-refractivity contribution is 5.81. The van der Waals surface area contributed by atoms with Crippen LogP contribution in [0.15, 0.2) is 43.0 Å². The van der Waals surface area contributed by atoms with E-state index in [4.69, 9.17) is 23.9 Å². The van der Waals surface area contributed by atoms with E-state index in [1.165, 1.54) is 5.56 Å². The second-order valence-electron chi connectivity index (χ2n) is 11.4. The van der Waals surface area contributed by atoms with Gasteiger partial charge >= 0.3 is 0 Å². The van der Waals surface area contributed by atoms with Crippen molar-refractivity contribution >= 4 is 11.7 Å². The number of benzene rings is 1. The maximum absolute atomic E-state index is 13.4. The van der Waals surface area contributed by atoms with Crippen LogP contribution in [0.5, 0.6) is 11.5 Å². The molecule has 2 aliphatic heterocycles. The van der Waals surface area contributed by atoms with Crippen LogP contribution in [0.4, 0.5) is 5.82 Å². The predicted octanol–water partition coefficient (Wildman–Crippen LogP) is 4.25. The number of methoxy groups -OCH3 is 1. The molecule has 2 aliphatic rings. The van der Waals surface area contributed by atoms with Crippen molar-refractivity contribution in [3.63, 3.8) is 0 Å². The molecule has 2 fully saturated rings. The number of anilines is 1. The van der Waals surface area contributed by atoms with Crippen LogP contribution in [0, 0.1) is 6.92 Å². The fourth-order valence-corrected chi connectivity index (χ4v) is 5.22. The molecule has 0 aliphatic carbocycles. The van der Waals surface area contributed by atoms with E-state index in [0.717, 1.165) is 36.6 Å². The average Bonchev–Trinajstić information content (AvgIpc) is 3.29. The summed E-state index contributed by atoms with van der Waals surface area (Å²) in [6.45, 7) is 16.0. The molecule has 3 heterocycles. The number of ether oxygens (including phenoxy) is 4. The molecule has 2 saturated heterocycles. The summed E-state index contributed by atoms with van der Waals surface area (Å²) in [7, 11) is 1.63. The molecular weight excluding hydrogens is 522 g/mol. The molecule has 0 radical (unpaired) electrons.